The first-order valence-electron chi connectivity index (χ1n) is 7.08. The summed E-state index contributed by atoms with van der Waals surface area (Å²) in [7, 11) is 0. The van der Waals surface area contributed by atoms with Gasteiger partial charge in [-0.25, -0.2) is 4.98 Å². The number of fused-ring (bicyclic) bond motifs is 1. The quantitative estimate of drug-likeness (QED) is 0.571. The lowest BCUT2D eigenvalue weighted by Gasteiger charge is -2.04. The number of H-pyrrole nitrogens is 1. The van der Waals surface area contributed by atoms with Gasteiger partial charge in [0.2, 0.25) is 0 Å². The third-order valence-electron chi connectivity index (χ3n) is 3.33. The van der Waals surface area contributed by atoms with Crippen LogP contribution in [-0.2, 0) is 0 Å². The topological polar surface area (TPSA) is 105 Å². The van der Waals surface area contributed by atoms with Crippen LogP contribution in [0.1, 0.15) is 11.4 Å². The number of para-hydroxylation sites is 1. The standard InChI is InChI=1S/C17H12N4O3/c18-9-10-24-16-4-2-1-3-12(16)5-8-17-19-14-7-6-13(21(22)23)11-15(14)20-17/h1-8,11H,10H2,(H,19,20). The molecule has 7 heteroatoms. The molecule has 1 N–H and O–H groups in total. The molecule has 3 aromatic rings. The molecule has 0 bridgehead atoms. The van der Waals surface area contributed by atoms with Crippen molar-refractivity contribution in [2.45, 2.75) is 0 Å². The lowest BCUT2D eigenvalue weighted by atomic mass is 10.2. The number of non-ortho nitro benzene ring substituents is 1. The molecule has 0 fully saturated rings. The molecule has 7 nitrogen and oxygen atoms in total. The molecule has 0 saturated heterocycles. The number of nitro benzene ring substituents is 1. The summed E-state index contributed by atoms with van der Waals surface area (Å²) in [6.45, 7) is -0.0286. The molecule has 2 aromatic carbocycles. The van der Waals surface area contributed by atoms with Gasteiger partial charge in [0.25, 0.3) is 5.69 Å². The average molecular weight is 320 g/mol. The highest BCUT2D eigenvalue weighted by Gasteiger charge is 2.08. The van der Waals surface area contributed by atoms with Gasteiger partial charge in [0.15, 0.2) is 6.61 Å². The summed E-state index contributed by atoms with van der Waals surface area (Å²) in [6, 6.07) is 13.7. The van der Waals surface area contributed by atoms with E-state index in [0.29, 0.717) is 22.6 Å². The zero-order valence-corrected chi connectivity index (χ0v) is 12.5. The molecule has 0 aliphatic heterocycles. The third kappa shape index (κ3) is 3.23. The minimum atomic E-state index is -0.446. The van der Waals surface area contributed by atoms with E-state index in [1.165, 1.54) is 12.1 Å². The summed E-state index contributed by atoms with van der Waals surface area (Å²) in [5.41, 5.74) is 2.06. The van der Waals surface area contributed by atoms with Crippen LogP contribution in [0, 0.1) is 21.4 Å². The first kappa shape index (κ1) is 15.2. The smallest absolute Gasteiger partial charge is 0.271 e. The van der Waals surface area contributed by atoms with Gasteiger partial charge in [0.1, 0.15) is 17.6 Å². The number of aromatic nitrogens is 2. The Kier molecular flexibility index (Phi) is 4.21. The molecular weight excluding hydrogens is 308 g/mol. The van der Waals surface area contributed by atoms with E-state index in [2.05, 4.69) is 9.97 Å². The number of ether oxygens (including phenoxy) is 1. The zero-order valence-electron chi connectivity index (χ0n) is 12.5. The van der Waals surface area contributed by atoms with Gasteiger partial charge in [-0.2, -0.15) is 5.26 Å². The molecule has 0 atom stereocenters. The predicted molar refractivity (Wildman–Crippen MR) is 89.2 cm³/mol. The van der Waals surface area contributed by atoms with Crippen LogP contribution >= 0.6 is 0 Å². The summed E-state index contributed by atoms with van der Waals surface area (Å²) < 4.78 is 5.36. The van der Waals surface area contributed by atoms with Crippen LogP contribution in [0.25, 0.3) is 23.2 Å². The highest BCUT2D eigenvalue weighted by molar-refractivity contribution is 5.81. The van der Waals surface area contributed by atoms with Crippen LogP contribution in [0.5, 0.6) is 5.75 Å². The molecule has 3 rings (SSSR count). The lowest BCUT2D eigenvalue weighted by molar-refractivity contribution is -0.384. The van der Waals surface area contributed by atoms with Crippen molar-refractivity contribution in [3.8, 4) is 11.8 Å². The minimum Gasteiger partial charge on any atom is -0.478 e. The first-order valence-corrected chi connectivity index (χ1v) is 7.08. The number of hydrogen-bond acceptors (Lipinski definition) is 5. The number of aromatic amines is 1. The normalized spacial score (nSPS) is 10.8. The maximum absolute atomic E-state index is 10.8. The predicted octanol–water partition coefficient (Wildman–Crippen LogP) is 3.54. The molecule has 24 heavy (non-hydrogen) atoms. The van der Waals surface area contributed by atoms with Crippen molar-refractivity contribution in [2.75, 3.05) is 6.61 Å². The zero-order chi connectivity index (χ0) is 16.9. The highest BCUT2D eigenvalue weighted by Crippen LogP contribution is 2.22. The van der Waals surface area contributed by atoms with E-state index in [-0.39, 0.29) is 12.3 Å². The van der Waals surface area contributed by atoms with E-state index in [1.807, 2.05) is 24.3 Å². The molecule has 0 aliphatic carbocycles. The van der Waals surface area contributed by atoms with Gasteiger partial charge < -0.3 is 9.72 Å². The fourth-order valence-corrected chi connectivity index (χ4v) is 2.24. The fraction of sp³-hybridized carbons (Fsp3) is 0.0588. The number of benzene rings is 2. The molecule has 0 saturated carbocycles. The third-order valence-corrected chi connectivity index (χ3v) is 3.33. The summed E-state index contributed by atoms with van der Waals surface area (Å²) in [5, 5.41) is 19.4. The van der Waals surface area contributed by atoms with E-state index in [9.17, 15) is 10.1 Å². The second kappa shape index (κ2) is 6.62. The molecule has 0 spiro atoms. The lowest BCUT2D eigenvalue weighted by Crippen LogP contribution is -1.94. The molecule has 0 unspecified atom stereocenters. The Hall–Kier alpha value is -3.66. The molecule has 118 valence electrons. The number of imidazole rings is 1. The van der Waals surface area contributed by atoms with E-state index in [4.69, 9.17) is 10.00 Å². The Labute approximate surface area is 137 Å². The number of nitrogens with one attached hydrogen (secondary N) is 1. The molecule has 1 aromatic heterocycles. The molecule has 1 heterocycles. The second-order valence-corrected chi connectivity index (χ2v) is 4.90. The van der Waals surface area contributed by atoms with Crippen molar-refractivity contribution in [3.05, 3.63) is 64.0 Å². The Morgan fingerprint density at radius 3 is 2.92 bits per heavy atom. The summed E-state index contributed by atoms with van der Waals surface area (Å²) in [4.78, 5) is 17.8. The van der Waals surface area contributed by atoms with Crippen molar-refractivity contribution in [3.63, 3.8) is 0 Å². The van der Waals surface area contributed by atoms with Gasteiger partial charge in [-0.1, -0.05) is 18.2 Å². The average Bonchev–Trinajstić information content (AvgIpc) is 3.00. The van der Waals surface area contributed by atoms with Gasteiger partial charge in [0, 0.05) is 17.7 Å². The number of nitro groups is 1. The van der Waals surface area contributed by atoms with Crippen LogP contribution in [0.2, 0.25) is 0 Å². The van der Waals surface area contributed by atoms with Gasteiger partial charge in [0.05, 0.1) is 16.0 Å². The highest BCUT2D eigenvalue weighted by atomic mass is 16.6. The molecule has 0 aliphatic rings. The van der Waals surface area contributed by atoms with Gasteiger partial charge in [-0.05, 0) is 24.3 Å². The van der Waals surface area contributed by atoms with E-state index in [0.717, 1.165) is 5.56 Å². The first-order chi connectivity index (χ1) is 11.7. The summed E-state index contributed by atoms with van der Waals surface area (Å²) >= 11 is 0. The van der Waals surface area contributed by atoms with Crippen LogP contribution < -0.4 is 4.74 Å². The largest absolute Gasteiger partial charge is 0.478 e. The molecule has 0 radical (unpaired) electrons. The van der Waals surface area contributed by atoms with Crippen molar-refractivity contribution in [1.29, 1.82) is 5.26 Å². The Balaban J connectivity index is 1.88. The van der Waals surface area contributed by atoms with Crippen molar-refractivity contribution in [2.24, 2.45) is 0 Å². The monoisotopic (exact) mass is 320 g/mol. The SMILES string of the molecule is N#CCOc1ccccc1C=Cc1nc2ccc([N+](=O)[O-])cc2[nH]1. The van der Waals surface area contributed by atoms with Crippen molar-refractivity contribution >= 4 is 28.9 Å². The van der Waals surface area contributed by atoms with Crippen LogP contribution in [0.15, 0.2) is 42.5 Å². The summed E-state index contributed by atoms with van der Waals surface area (Å²) in [6.07, 6.45) is 3.55. The van der Waals surface area contributed by atoms with Gasteiger partial charge >= 0.3 is 0 Å². The molecular formula is C17H12N4O3. The van der Waals surface area contributed by atoms with E-state index in [1.54, 1.807) is 24.3 Å². The maximum Gasteiger partial charge on any atom is 0.271 e. The number of hydrogen-bond donors (Lipinski definition) is 1. The number of nitriles is 1. The Morgan fingerprint density at radius 1 is 1.29 bits per heavy atom. The van der Waals surface area contributed by atoms with E-state index >= 15 is 0 Å². The van der Waals surface area contributed by atoms with Gasteiger partial charge in [-0.3, -0.25) is 10.1 Å². The summed E-state index contributed by atoms with van der Waals surface area (Å²) in [5.74, 6) is 1.17. The van der Waals surface area contributed by atoms with Crippen LogP contribution in [0.3, 0.4) is 0 Å². The number of rotatable bonds is 5. The fourth-order valence-electron chi connectivity index (χ4n) is 2.24. The second-order valence-electron chi connectivity index (χ2n) is 4.90. The van der Waals surface area contributed by atoms with Crippen LogP contribution in [-0.4, -0.2) is 21.5 Å². The van der Waals surface area contributed by atoms with Crippen molar-refractivity contribution < 1.29 is 9.66 Å². The number of nitrogens with zero attached hydrogens (tertiary/aromatic N) is 3. The van der Waals surface area contributed by atoms with Crippen LogP contribution in [0.4, 0.5) is 5.69 Å². The van der Waals surface area contributed by atoms with E-state index < -0.39 is 4.92 Å². The minimum absolute atomic E-state index is 0.0110. The van der Waals surface area contributed by atoms with Gasteiger partial charge in [-0.15, -0.1) is 0 Å². The van der Waals surface area contributed by atoms with Crippen molar-refractivity contribution in [1.82, 2.24) is 9.97 Å². The Bertz CT molecular complexity index is 969. The maximum atomic E-state index is 10.8. The molecule has 0 amide bonds. The Morgan fingerprint density at radius 2 is 2.12 bits per heavy atom.